The first-order chi connectivity index (χ1) is 19.1. The summed E-state index contributed by atoms with van der Waals surface area (Å²) in [6, 6.07) is 24.8. The molecule has 39 heavy (non-hydrogen) atoms. The molecule has 0 unspecified atom stereocenters. The lowest BCUT2D eigenvalue weighted by atomic mass is 9.93. The summed E-state index contributed by atoms with van der Waals surface area (Å²) in [6.45, 7) is 4.25. The Balaban J connectivity index is 1.16. The lowest BCUT2D eigenvalue weighted by Gasteiger charge is -2.17. The summed E-state index contributed by atoms with van der Waals surface area (Å²) < 4.78 is 3.42. The third kappa shape index (κ3) is 5.77. The SMILES string of the molecule is Cc1cccc(C2(C(=O)NCc3ccc(-c4cnc5nc4NCCCNSc4cccc(c4)N5)cc3)CC2)c1. The molecule has 8 heteroatoms. The van der Waals surface area contributed by atoms with Gasteiger partial charge in [0.1, 0.15) is 5.82 Å². The van der Waals surface area contributed by atoms with Crippen LogP contribution in [0.3, 0.4) is 0 Å². The van der Waals surface area contributed by atoms with Gasteiger partial charge < -0.3 is 16.0 Å². The number of carbonyl (C=O) groups is 1. The van der Waals surface area contributed by atoms with Crippen molar-refractivity contribution in [3.8, 4) is 11.1 Å². The van der Waals surface area contributed by atoms with E-state index in [-0.39, 0.29) is 11.3 Å². The van der Waals surface area contributed by atoms with Crippen molar-refractivity contribution in [1.82, 2.24) is 20.0 Å². The molecule has 0 atom stereocenters. The van der Waals surface area contributed by atoms with E-state index in [0.29, 0.717) is 12.5 Å². The van der Waals surface area contributed by atoms with E-state index < -0.39 is 0 Å². The van der Waals surface area contributed by atoms with Crippen molar-refractivity contribution >= 4 is 35.3 Å². The van der Waals surface area contributed by atoms with Crippen LogP contribution < -0.4 is 20.7 Å². The largest absolute Gasteiger partial charge is 0.369 e. The standard InChI is InChI=1S/C31H32N6OS/c1-21-5-2-6-24(17-21)31(13-14-31)29(38)33-19-22-9-11-23(12-10-22)27-20-34-30-36-25-7-3-8-26(18-25)39-35-16-4-15-32-28(27)37-30/h2-3,5-12,17-18,20,35H,4,13-16,19H2,1H3,(H,33,38)(H2,32,34,36,37). The number of carbonyl (C=O) groups excluding carboxylic acids is 1. The quantitative estimate of drug-likeness (QED) is 0.234. The summed E-state index contributed by atoms with van der Waals surface area (Å²) in [5.41, 5.74) is 5.92. The molecule has 0 spiro atoms. The molecule has 4 N–H and O–H groups in total. The van der Waals surface area contributed by atoms with Gasteiger partial charge in [-0.1, -0.05) is 60.2 Å². The zero-order valence-corrected chi connectivity index (χ0v) is 22.8. The van der Waals surface area contributed by atoms with Gasteiger partial charge in [-0.2, -0.15) is 4.98 Å². The molecule has 2 heterocycles. The maximum absolute atomic E-state index is 13.1. The van der Waals surface area contributed by atoms with E-state index in [0.717, 1.165) is 71.0 Å². The lowest BCUT2D eigenvalue weighted by molar-refractivity contribution is -0.123. The van der Waals surface area contributed by atoms with Crippen molar-refractivity contribution in [3.63, 3.8) is 0 Å². The highest BCUT2D eigenvalue weighted by molar-refractivity contribution is 7.97. The fraction of sp³-hybridized carbons (Fsp3) is 0.258. The average molecular weight is 537 g/mol. The second-order valence-corrected chi connectivity index (χ2v) is 11.2. The number of aromatic nitrogens is 2. The summed E-state index contributed by atoms with van der Waals surface area (Å²) in [5.74, 6) is 1.46. The van der Waals surface area contributed by atoms with Crippen LogP contribution in [-0.4, -0.2) is 29.0 Å². The van der Waals surface area contributed by atoms with Gasteiger partial charge in [-0.05, 0) is 73.0 Å². The Kier molecular flexibility index (Phi) is 7.22. The topological polar surface area (TPSA) is 91.0 Å². The molecule has 1 amide bonds. The number of benzene rings is 3. The van der Waals surface area contributed by atoms with E-state index in [9.17, 15) is 4.79 Å². The van der Waals surface area contributed by atoms with Crippen molar-refractivity contribution in [2.45, 2.75) is 43.0 Å². The van der Waals surface area contributed by atoms with Crippen molar-refractivity contribution in [2.24, 2.45) is 0 Å². The Bertz CT molecular complexity index is 1480. The van der Waals surface area contributed by atoms with Crippen LogP contribution in [0.15, 0.2) is 83.9 Å². The van der Waals surface area contributed by atoms with Crippen LogP contribution in [0.1, 0.15) is 36.0 Å². The Morgan fingerprint density at radius 2 is 1.87 bits per heavy atom. The number of fused-ring (bicyclic) bond motifs is 4. The minimum atomic E-state index is -0.366. The van der Waals surface area contributed by atoms with Crippen molar-refractivity contribution < 1.29 is 4.79 Å². The highest BCUT2D eigenvalue weighted by Crippen LogP contribution is 2.48. The number of aryl methyl sites for hydroxylation is 1. The summed E-state index contributed by atoms with van der Waals surface area (Å²) in [6.07, 6.45) is 4.63. The maximum Gasteiger partial charge on any atom is 0.230 e. The van der Waals surface area contributed by atoms with E-state index in [2.05, 4.69) is 87.2 Å². The highest BCUT2D eigenvalue weighted by Gasteiger charge is 2.51. The van der Waals surface area contributed by atoms with Crippen LogP contribution in [0.5, 0.6) is 0 Å². The molecule has 4 aromatic rings. The molecule has 7 nitrogen and oxygen atoms in total. The van der Waals surface area contributed by atoms with Gasteiger partial charge in [-0.15, -0.1) is 0 Å². The zero-order valence-electron chi connectivity index (χ0n) is 22.0. The second kappa shape index (κ2) is 11.1. The number of hydrogen-bond acceptors (Lipinski definition) is 7. The molecule has 4 bridgehead atoms. The third-order valence-electron chi connectivity index (χ3n) is 7.29. The Morgan fingerprint density at radius 1 is 1.03 bits per heavy atom. The first-order valence-corrected chi connectivity index (χ1v) is 14.2. The summed E-state index contributed by atoms with van der Waals surface area (Å²) >= 11 is 1.63. The van der Waals surface area contributed by atoms with E-state index >= 15 is 0 Å². The number of amides is 1. The van der Waals surface area contributed by atoms with Crippen LogP contribution in [0.4, 0.5) is 17.5 Å². The van der Waals surface area contributed by atoms with Gasteiger partial charge >= 0.3 is 0 Å². The van der Waals surface area contributed by atoms with Crippen LogP contribution in [0.25, 0.3) is 11.1 Å². The van der Waals surface area contributed by atoms with E-state index in [1.54, 1.807) is 11.9 Å². The molecule has 1 aromatic heterocycles. The number of nitrogens with zero attached hydrogens (tertiary/aromatic N) is 2. The molecule has 3 aromatic carbocycles. The van der Waals surface area contributed by atoms with Gasteiger partial charge in [0.15, 0.2) is 0 Å². The molecule has 1 aliphatic heterocycles. The molecular formula is C31H32N6OS. The molecule has 1 aliphatic carbocycles. The van der Waals surface area contributed by atoms with Gasteiger partial charge in [0.25, 0.3) is 0 Å². The molecule has 1 saturated carbocycles. The molecule has 6 rings (SSSR count). The van der Waals surface area contributed by atoms with E-state index in [1.165, 1.54) is 5.56 Å². The van der Waals surface area contributed by atoms with Crippen LogP contribution in [-0.2, 0) is 16.8 Å². The monoisotopic (exact) mass is 536 g/mol. The van der Waals surface area contributed by atoms with Crippen molar-refractivity contribution in [3.05, 3.63) is 95.7 Å². The first kappa shape index (κ1) is 25.4. The van der Waals surface area contributed by atoms with Gasteiger partial charge in [-0.3, -0.25) is 9.52 Å². The molecule has 0 saturated heterocycles. The van der Waals surface area contributed by atoms with E-state index in [1.807, 2.05) is 24.4 Å². The van der Waals surface area contributed by atoms with Crippen molar-refractivity contribution in [2.75, 3.05) is 23.7 Å². The van der Waals surface area contributed by atoms with Gasteiger partial charge in [0, 0.05) is 42.0 Å². The molecule has 0 radical (unpaired) electrons. The van der Waals surface area contributed by atoms with Gasteiger partial charge in [0.05, 0.1) is 5.41 Å². The zero-order chi connectivity index (χ0) is 26.7. The number of nitrogens with one attached hydrogen (secondary N) is 4. The molecule has 198 valence electrons. The Hall–Kier alpha value is -3.88. The Labute approximate surface area is 233 Å². The fourth-order valence-corrected chi connectivity index (χ4v) is 5.67. The maximum atomic E-state index is 13.1. The third-order valence-corrected chi connectivity index (χ3v) is 8.13. The number of hydrogen-bond donors (Lipinski definition) is 4. The lowest BCUT2D eigenvalue weighted by Crippen LogP contribution is -2.34. The fourth-order valence-electron chi connectivity index (χ4n) is 4.92. The average Bonchev–Trinajstić information content (AvgIpc) is 3.76. The minimum Gasteiger partial charge on any atom is -0.369 e. The first-order valence-electron chi connectivity index (χ1n) is 13.4. The highest BCUT2D eigenvalue weighted by atomic mass is 32.2. The molecule has 1 fully saturated rings. The van der Waals surface area contributed by atoms with E-state index in [4.69, 9.17) is 4.98 Å². The number of anilines is 3. The normalized spacial score (nSPS) is 15.9. The summed E-state index contributed by atoms with van der Waals surface area (Å²) in [4.78, 5) is 23.7. The predicted molar refractivity (Wildman–Crippen MR) is 158 cm³/mol. The van der Waals surface area contributed by atoms with Crippen LogP contribution in [0, 0.1) is 6.92 Å². The van der Waals surface area contributed by atoms with Gasteiger partial charge in [0.2, 0.25) is 11.9 Å². The number of rotatable bonds is 5. The van der Waals surface area contributed by atoms with Crippen LogP contribution in [0.2, 0.25) is 0 Å². The van der Waals surface area contributed by atoms with Crippen LogP contribution >= 0.6 is 11.9 Å². The van der Waals surface area contributed by atoms with Gasteiger partial charge in [-0.25, -0.2) is 4.98 Å². The predicted octanol–water partition coefficient (Wildman–Crippen LogP) is 5.96. The minimum absolute atomic E-state index is 0.113. The van der Waals surface area contributed by atoms with Crippen molar-refractivity contribution in [1.29, 1.82) is 0 Å². The Morgan fingerprint density at radius 3 is 2.69 bits per heavy atom. The summed E-state index contributed by atoms with van der Waals surface area (Å²) in [5, 5.41) is 10.00. The smallest absolute Gasteiger partial charge is 0.230 e. The summed E-state index contributed by atoms with van der Waals surface area (Å²) in [7, 11) is 0. The second-order valence-electron chi connectivity index (χ2n) is 10.2. The molecular weight excluding hydrogens is 504 g/mol. The molecule has 2 aliphatic rings.